The molecule has 0 aliphatic carbocycles. The van der Waals surface area contributed by atoms with E-state index in [0.29, 0.717) is 12.0 Å². The molecule has 6 nitrogen and oxygen atoms in total. The molecule has 2 aromatic heterocycles. The van der Waals surface area contributed by atoms with Crippen molar-refractivity contribution in [1.29, 1.82) is 0 Å². The third kappa shape index (κ3) is 3.32. The quantitative estimate of drug-likeness (QED) is 0.910. The van der Waals surface area contributed by atoms with Crippen LogP contribution in [0.15, 0.2) is 0 Å². The molecule has 0 bridgehead atoms. The molecule has 0 amide bonds. The van der Waals surface area contributed by atoms with Gasteiger partial charge in [0.25, 0.3) is 0 Å². The molecular weight excluding hydrogens is 310 g/mol. The van der Waals surface area contributed by atoms with Crippen LogP contribution in [0.3, 0.4) is 0 Å². The van der Waals surface area contributed by atoms with Gasteiger partial charge in [0.15, 0.2) is 0 Å². The lowest BCUT2D eigenvalue weighted by Gasteiger charge is -2.20. The van der Waals surface area contributed by atoms with Crippen molar-refractivity contribution in [3.05, 3.63) is 27.8 Å². The third-order valence-corrected chi connectivity index (χ3v) is 5.18. The van der Waals surface area contributed by atoms with Crippen LogP contribution in [0.5, 0.6) is 0 Å². The minimum absolute atomic E-state index is 0.0705. The first kappa shape index (κ1) is 16.5. The van der Waals surface area contributed by atoms with Crippen molar-refractivity contribution in [3.8, 4) is 0 Å². The van der Waals surface area contributed by atoms with Gasteiger partial charge in [0.2, 0.25) is 0 Å². The molecule has 3 heterocycles. The molecule has 1 saturated heterocycles. The Bertz CT molecular complexity index is 678. The fourth-order valence-electron chi connectivity index (χ4n) is 3.08. The highest BCUT2D eigenvalue weighted by molar-refractivity contribution is 7.05. The van der Waals surface area contributed by atoms with Crippen molar-refractivity contribution >= 4 is 11.5 Å². The predicted octanol–water partition coefficient (Wildman–Crippen LogP) is 2.63. The van der Waals surface area contributed by atoms with E-state index in [1.807, 2.05) is 11.7 Å². The summed E-state index contributed by atoms with van der Waals surface area (Å²) in [5.41, 5.74) is 3.46. The average molecular weight is 335 g/mol. The summed E-state index contributed by atoms with van der Waals surface area (Å²) in [6, 6.07) is 0.294. The second kappa shape index (κ2) is 6.67. The maximum Gasteiger partial charge on any atom is 0.145 e. The molecule has 1 aliphatic rings. The Morgan fingerprint density at radius 1 is 1.39 bits per heavy atom. The number of hydrogen-bond donors (Lipinski definition) is 1. The van der Waals surface area contributed by atoms with E-state index in [1.165, 1.54) is 22.8 Å². The smallest absolute Gasteiger partial charge is 0.145 e. The summed E-state index contributed by atoms with van der Waals surface area (Å²) in [7, 11) is 1.98. The van der Waals surface area contributed by atoms with Crippen LogP contribution in [0.1, 0.15) is 60.1 Å². The van der Waals surface area contributed by atoms with Gasteiger partial charge in [-0.1, -0.05) is 13.8 Å². The average Bonchev–Trinajstić information content (AvgIpc) is 3.18. The van der Waals surface area contributed by atoms with Crippen LogP contribution in [-0.2, 0) is 18.3 Å². The summed E-state index contributed by atoms with van der Waals surface area (Å²) in [4.78, 5) is 4.60. The van der Waals surface area contributed by atoms with Crippen molar-refractivity contribution in [2.24, 2.45) is 7.05 Å². The SMILES string of the molecule is Cc1nn(C)c(C)c1[C@@H]1OCC[C@H]1NCc1nc(C(C)C)ns1. The van der Waals surface area contributed by atoms with Crippen LogP contribution in [0.4, 0.5) is 0 Å². The van der Waals surface area contributed by atoms with Gasteiger partial charge < -0.3 is 10.1 Å². The molecule has 2 atom stereocenters. The first-order valence-corrected chi connectivity index (χ1v) is 8.92. The molecule has 0 spiro atoms. The van der Waals surface area contributed by atoms with Crippen LogP contribution in [0, 0.1) is 13.8 Å². The van der Waals surface area contributed by atoms with Gasteiger partial charge in [-0.2, -0.15) is 9.47 Å². The molecule has 0 unspecified atom stereocenters. The van der Waals surface area contributed by atoms with Gasteiger partial charge in [-0.25, -0.2) is 4.98 Å². The number of aryl methyl sites for hydroxylation is 2. The van der Waals surface area contributed by atoms with Crippen molar-refractivity contribution < 1.29 is 4.74 Å². The third-order valence-electron chi connectivity index (χ3n) is 4.46. The molecule has 0 radical (unpaired) electrons. The zero-order chi connectivity index (χ0) is 16.6. The largest absolute Gasteiger partial charge is 0.372 e. The minimum Gasteiger partial charge on any atom is -0.372 e. The molecule has 2 aromatic rings. The molecule has 0 aromatic carbocycles. The van der Waals surface area contributed by atoms with Crippen LogP contribution in [0.2, 0.25) is 0 Å². The topological polar surface area (TPSA) is 64.9 Å². The normalized spacial score (nSPS) is 21.5. The zero-order valence-electron chi connectivity index (χ0n) is 14.5. The predicted molar refractivity (Wildman–Crippen MR) is 90.6 cm³/mol. The van der Waals surface area contributed by atoms with Crippen LogP contribution < -0.4 is 5.32 Å². The second-order valence-corrected chi connectivity index (χ2v) is 7.31. The zero-order valence-corrected chi connectivity index (χ0v) is 15.3. The first-order valence-electron chi connectivity index (χ1n) is 8.15. The van der Waals surface area contributed by atoms with Gasteiger partial charge in [-0.15, -0.1) is 0 Å². The van der Waals surface area contributed by atoms with Gasteiger partial charge in [0.1, 0.15) is 16.9 Å². The van der Waals surface area contributed by atoms with Gasteiger partial charge >= 0.3 is 0 Å². The Morgan fingerprint density at radius 2 is 2.17 bits per heavy atom. The Morgan fingerprint density at radius 3 is 2.78 bits per heavy atom. The Labute approximate surface area is 141 Å². The van der Waals surface area contributed by atoms with E-state index in [2.05, 4.69) is 47.5 Å². The molecule has 1 aliphatic heterocycles. The molecule has 23 heavy (non-hydrogen) atoms. The summed E-state index contributed by atoms with van der Waals surface area (Å²) in [5, 5.41) is 9.17. The van der Waals surface area contributed by atoms with E-state index >= 15 is 0 Å². The van der Waals surface area contributed by atoms with Crippen molar-refractivity contribution in [1.82, 2.24) is 24.5 Å². The highest BCUT2D eigenvalue weighted by atomic mass is 32.1. The highest BCUT2D eigenvalue weighted by Gasteiger charge is 2.33. The van der Waals surface area contributed by atoms with Crippen molar-refractivity contribution in [2.45, 2.75) is 58.7 Å². The maximum atomic E-state index is 6.01. The molecular formula is C16H25N5OS. The van der Waals surface area contributed by atoms with E-state index in [4.69, 9.17) is 4.74 Å². The second-order valence-electron chi connectivity index (χ2n) is 6.48. The Kier molecular flexibility index (Phi) is 4.79. The van der Waals surface area contributed by atoms with Crippen LogP contribution >= 0.6 is 11.5 Å². The molecule has 1 N–H and O–H groups in total. The lowest BCUT2D eigenvalue weighted by molar-refractivity contribution is 0.0974. The molecule has 3 rings (SSSR count). The van der Waals surface area contributed by atoms with E-state index in [-0.39, 0.29) is 6.10 Å². The number of rotatable bonds is 5. The van der Waals surface area contributed by atoms with E-state index in [9.17, 15) is 0 Å². The molecule has 126 valence electrons. The standard InChI is InChI=1S/C16H25N5OS/c1-9(2)16-18-13(23-20-16)8-17-12-6-7-22-15(12)14-10(3)19-21(5)11(14)4/h9,12,15,17H,6-8H2,1-5H3/t12-,15-/m1/s1. The number of nitrogens with zero attached hydrogens (tertiary/aromatic N) is 4. The Hall–Kier alpha value is -1.31. The number of ether oxygens (including phenoxy) is 1. The van der Waals surface area contributed by atoms with Gasteiger partial charge in [0.05, 0.1) is 5.69 Å². The monoisotopic (exact) mass is 335 g/mol. The molecule has 0 saturated carbocycles. The maximum absolute atomic E-state index is 6.01. The summed E-state index contributed by atoms with van der Waals surface area (Å²) < 4.78 is 12.4. The number of aromatic nitrogens is 4. The van der Waals surface area contributed by atoms with Crippen LogP contribution in [-0.4, -0.2) is 31.8 Å². The van der Waals surface area contributed by atoms with E-state index in [0.717, 1.165) is 36.1 Å². The van der Waals surface area contributed by atoms with Gasteiger partial charge in [-0.05, 0) is 31.8 Å². The summed E-state index contributed by atoms with van der Waals surface area (Å²) in [5.74, 6) is 1.31. The molecule has 1 fully saturated rings. The summed E-state index contributed by atoms with van der Waals surface area (Å²) in [6.45, 7) is 9.92. The summed E-state index contributed by atoms with van der Waals surface area (Å²) in [6.07, 6.45) is 1.08. The Balaban J connectivity index is 1.69. The van der Waals surface area contributed by atoms with Crippen molar-refractivity contribution in [3.63, 3.8) is 0 Å². The minimum atomic E-state index is 0.0705. The fourth-order valence-corrected chi connectivity index (χ4v) is 3.81. The lowest BCUT2D eigenvalue weighted by atomic mass is 10.0. The van der Waals surface area contributed by atoms with E-state index < -0.39 is 0 Å². The van der Waals surface area contributed by atoms with Gasteiger partial charge in [-0.3, -0.25) is 4.68 Å². The summed E-state index contributed by atoms with van der Waals surface area (Å²) >= 11 is 1.49. The van der Waals surface area contributed by atoms with Crippen molar-refractivity contribution in [2.75, 3.05) is 6.61 Å². The number of hydrogen-bond acceptors (Lipinski definition) is 6. The fraction of sp³-hybridized carbons (Fsp3) is 0.688. The molecule has 7 heteroatoms. The lowest BCUT2D eigenvalue weighted by Crippen LogP contribution is -2.31. The van der Waals surface area contributed by atoms with Gasteiger partial charge in [0, 0.05) is 43.4 Å². The first-order chi connectivity index (χ1) is 11.0. The highest BCUT2D eigenvalue weighted by Crippen LogP contribution is 2.33. The number of nitrogens with one attached hydrogen (secondary N) is 1. The van der Waals surface area contributed by atoms with E-state index in [1.54, 1.807) is 0 Å². The van der Waals surface area contributed by atoms with Crippen LogP contribution in [0.25, 0.3) is 0 Å².